The second kappa shape index (κ2) is 9.44. The molecule has 2 unspecified atom stereocenters. The number of hydrogen-bond donors (Lipinski definition) is 0. The van der Waals surface area contributed by atoms with Gasteiger partial charge in [-0.1, -0.05) is 102 Å². The Labute approximate surface area is 261 Å². The SMILES string of the molecule is Cc1cc2c(cc1C)C(c1ccc3c(c1)CC3CC(C)(C)C)(c1ccc3c(c1)CC3CC(C)(C)C)c1cc(C)c(C)cc1-2. The molecule has 0 N–H and O–H groups in total. The van der Waals surface area contributed by atoms with Gasteiger partial charge in [0, 0.05) is 0 Å². The lowest BCUT2D eigenvalue weighted by Gasteiger charge is -2.40. The van der Waals surface area contributed by atoms with Crippen LogP contribution in [0, 0.1) is 38.5 Å². The van der Waals surface area contributed by atoms with Crippen LogP contribution in [0.4, 0.5) is 0 Å². The highest BCUT2D eigenvalue weighted by molar-refractivity contribution is 5.88. The van der Waals surface area contributed by atoms with Crippen LogP contribution in [0.5, 0.6) is 0 Å². The van der Waals surface area contributed by atoms with E-state index in [4.69, 9.17) is 0 Å². The quantitative estimate of drug-likeness (QED) is 0.203. The van der Waals surface area contributed by atoms with Crippen molar-refractivity contribution in [2.75, 3.05) is 0 Å². The smallest absolute Gasteiger partial charge is 0.0602 e. The molecule has 0 aromatic heterocycles. The molecule has 0 heterocycles. The molecule has 4 aromatic carbocycles. The molecule has 0 heteroatoms. The fraction of sp³-hybridized carbons (Fsp3) is 0.442. The molecule has 4 aromatic rings. The molecular formula is C43H50. The largest absolute Gasteiger partial charge is 0.0713 e. The first-order chi connectivity index (χ1) is 20.2. The summed E-state index contributed by atoms with van der Waals surface area (Å²) >= 11 is 0. The van der Waals surface area contributed by atoms with Gasteiger partial charge in [0.05, 0.1) is 5.41 Å². The number of rotatable bonds is 4. The Morgan fingerprint density at radius 2 is 0.907 bits per heavy atom. The van der Waals surface area contributed by atoms with Crippen LogP contribution >= 0.6 is 0 Å². The van der Waals surface area contributed by atoms with Crippen molar-refractivity contribution in [2.24, 2.45) is 10.8 Å². The van der Waals surface area contributed by atoms with E-state index in [1.807, 2.05) is 0 Å². The monoisotopic (exact) mass is 566 g/mol. The van der Waals surface area contributed by atoms with Crippen molar-refractivity contribution in [3.8, 4) is 11.1 Å². The maximum Gasteiger partial charge on any atom is 0.0713 e. The summed E-state index contributed by atoms with van der Waals surface area (Å²) in [4.78, 5) is 0. The van der Waals surface area contributed by atoms with Crippen LogP contribution < -0.4 is 0 Å². The highest BCUT2D eigenvalue weighted by atomic mass is 14.5. The van der Waals surface area contributed by atoms with E-state index in [2.05, 4.69) is 130 Å². The summed E-state index contributed by atoms with van der Waals surface area (Å²) in [7, 11) is 0. The number of benzene rings is 4. The number of fused-ring (bicyclic) bond motifs is 5. The molecule has 3 aliphatic carbocycles. The third-order valence-electron chi connectivity index (χ3n) is 11.0. The van der Waals surface area contributed by atoms with Crippen molar-refractivity contribution in [2.45, 2.75) is 112 Å². The average Bonchev–Trinajstić information content (AvgIpc) is 3.14. The summed E-state index contributed by atoms with van der Waals surface area (Å²) in [6.45, 7) is 23.4. The van der Waals surface area contributed by atoms with Gasteiger partial charge in [-0.05, 0) is 154 Å². The molecule has 0 aliphatic heterocycles. The van der Waals surface area contributed by atoms with E-state index in [0.717, 1.165) is 0 Å². The minimum Gasteiger partial charge on any atom is -0.0602 e. The van der Waals surface area contributed by atoms with Crippen molar-refractivity contribution in [1.29, 1.82) is 0 Å². The zero-order valence-electron chi connectivity index (χ0n) is 28.3. The molecule has 7 rings (SSSR count). The predicted octanol–water partition coefficient (Wildman–Crippen LogP) is 11.4. The third kappa shape index (κ3) is 4.46. The Kier molecular flexibility index (Phi) is 6.29. The van der Waals surface area contributed by atoms with Crippen LogP contribution in [-0.2, 0) is 18.3 Å². The summed E-state index contributed by atoms with van der Waals surface area (Å²) in [5.41, 5.74) is 20.8. The fourth-order valence-electron chi connectivity index (χ4n) is 8.79. The summed E-state index contributed by atoms with van der Waals surface area (Å²) in [6.07, 6.45) is 4.92. The van der Waals surface area contributed by atoms with Gasteiger partial charge in [-0.3, -0.25) is 0 Å². The van der Waals surface area contributed by atoms with E-state index in [1.165, 1.54) is 81.3 Å². The zero-order valence-corrected chi connectivity index (χ0v) is 28.3. The molecule has 0 bridgehead atoms. The van der Waals surface area contributed by atoms with Crippen molar-refractivity contribution in [1.82, 2.24) is 0 Å². The van der Waals surface area contributed by atoms with Gasteiger partial charge in [-0.25, -0.2) is 0 Å². The lowest BCUT2D eigenvalue weighted by Crippen LogP contribution is -2.32. The molecule has 0 amide bonds. The highest BCUT2D eigenvalue weighted by Crippen LogP contribution is 2.59. The van der Waals surface area contributed by atoms with Gasteiger partial charge >= 0.3 is 0 Å². The molecule has 0 spiro atoms. The summed E-state index contributed by atoms with van der Waals surface area (Å²) in [5, 5.41) is 0. The van der Waals surface area contributed by atoms with E-state index in [-0.39, 0.29) is 5.41 Å². The molecule has 43 heavy (non-hydrogen) atoms. The van der Waals surface area contributed by atoms with Gasteiger partial charge in [0.25, 0.3) is 0 Å². The molecular weight excluding hydrogens is 516 g/mol. The molecule has 0 fully saturated rings. The van der Waals surface area contributed by atoms with E-state index < -0.39 is 0 Å². The van der Waals surface area contributed by atoms with Crippen LogP contribution in [0.15, 0.2) is 60.7 Å². The second-order valence-corrected chi connectivity index (χ2v) is 16.9. The third-order valence-corrected chi connectivity index (χ3v) is 11.0. The first kappa shape index (κ1) is 28.6. The van der Waals surface area contributed by atoms with E-state index >= 15 is 0 Å². The predicted molar refractivity (Wildman–Crippen MR) is 184 cm³/mol. The Balaban J connectivity index is 1.47. The molecule has 222 valence electrons. The molecule has 0 saturated carbocycles. The van der Waals surface area contributed by atoms with Crippen LogP contribution in [-0.4, -0.2) is 0 Å². The Morgan fingerprint density at radius 3 is 1.26 bits per heavy atom. The van der Waals surface area contributed by atoms with E-state index in [1.54, 1.807) is 22.3 Å². The van der Waals surface area contributed by atoms with Gasteiger partial charge in [0.15, 0.2) is 0 Å². The van der Waals surface area contributed by atoms with Crippen LogP contribution in [0.3, 0.4) is 0 Å². The average molecular weight is 567 g/mol. The minimum atomic E-state index is -0.310. The van der Waals surface area contributed by atoms with Crippen LogP contribution in [0.25, 0.3) is 11.1 Å². The summed E-state index contributed by atoms with van der Waals surface area (Å²) in [6, 6.07) is 25.2. The standard InChI is InChI=1S/C43H50/c1-25-15-37-38-16-26(2)28(4)18-40(38)43(39(37)17-27(25)3,33-11-13-35-29(21-33)19-31(35)23-41(5,6)7)34-12-14-36-30(22-34)20-32(36)24-42(8,9)10/h11-18,21-22,31-32H,19-20,23-24H2,1-10H3. The highest BCUT2D eigenvalue weighted by Gasteiger charge is 2.48. The van der Waals surface area contributed by atoms with Gasteiger partial charge in [-0.15, -0.1) is 0 Å². The lowest BCUT2D eigenvalue weighted by molar-refractivity contribution is 0.323. The maximum atomic E-state index is 2.60. The topological polar surface area (TPSA) is 0 Å². The number of hydrogen-bond acceptors (Lipinski definition) is 0. The second-order valence-electron chi connectivity index (χ2n) is 16.9. The molecule has 0 radical (unpaired) electrons. The molecule has 2 atom stereocenters. The van der Waals surface area contributed by atoms with Gasteiger partial charge in [-0.2, -0.15) is 0 Å². The summed E-state index contributed by atoms with van der Waals surface area (Å²) in [5.74, 6) is 1.38. The normalized spacial score (nSPS) is 19.6. The van der Waals surface area contributed by atoms with Gasteiger partial charge in [0.1, 0.15) is 0 Å². The van der Waals surface area contributed by atoms with Crippen molar-refractivity contribution < 1.29 is 0 Å². The minimum absolute atomic E-state index is 0.310. The van der Waals surface area contributed by atoms with Crippen molar-refractivity contribution in [3.63, 3.8) is 0 Å². The maximum absolute atomic E-state index is 2.60. The van der Waals surface area contributed by atoms with Crippen LogP contribution in [0.1, 0.15) is 133 Å². The van der Waals surface area contributed by atoms with Gasteiger partial charge < -0.3 is 0 Å². The Bertz CT molecular complexity index is 1650. The first-order valence-corrected chi connectivity index (χ1v) is 16.7. The molecule has 3 aliphatic rings. The molecule has 0 saturated heterocycles. The van der Waals surface area contributed by atoms with Crippen molar-refractivity contribution >= 4 is 0 Å². The van der Waals surface area contributed by atoms with E-state index in [9.17, 15) is 0 Å². The van der Waals surface area contributed by atoms with E-state index in [0.29, 0.717) is 22.7 Å². The Hall–Kier alpha value is -3.12. The number of aryl methyl sites for hydroxylation is 4. The van der Waals surface area contributed by atoms with Gasteiger partial charge in [0.2, 0.25) is 0 Å². The molecule has 0 nitrogen and oxygen atoms in total. The van der Waals surface area contributed by atoms with Crippen LogP contribution in [0.2, 0.25) is 0 Å². The first-order valence-electron chi connectivity index (χ1n) is 16.7. The zero-order chi connectivity index (χ0) is 30.6. The van der Waals surface area contributed by atoms with Crippen molar-refractivity contribution in [3.05, 3.63) is 127 Å². The Morgan fingerprint density at radius 1 is 0.535 bits per heavy atom. The lowest BCUT2D eigenvalue weighted by atomic mass is 9.62. The fourth-order valence-corrected chi connectivity index (χ4v) is 8.79. The summed E-state index contributed by atoms with van der Waals surface area (Å²) < 4.78 is 0.